The first kappa shape index (κ1) is 10.9. The van der Waals surface area contributed by atoms with Gasteiger partial charge in [-0.1, -0.05) is 0 Å². The van der Waals surface area contributed by atoms with Crippen molar-refractivity contribution >= 4 is 6.16 Å². The third-order valence-electron chi connectivity index (χ3n) is 0.544. The van der Waals surface area contributed by atoms with Gasteiger partial charge >= 0.3 is 12.3 Å². The van der Waals surface area contributed by atoms with Crippen LogP contribution in [0.15, 0.2) is 0 Å². The van der Waals surface area contributed by atoms with E-state index in [-0.39, 0.29) is 0 Å². The zero-order valence-electron chi connectivity index (χ0n) is 5.02. The van der Waals surface area contributed by atoms with Crippen LogP contribution in [0.5, 0.6) is 0 Å². The lowest BCUT2D eigenvalue weighted by atomic mass is 10.6. The van der Waals surface area contributed by atoms with E-state index in [1.807, 2.05) is 0 Å². The quantitative estimate of drug-likeness (QED) is 0.364. The van der Waals surface area contributed by atoms with Gasteiger partial charge < -0.3 is 14.8 Å². The van der Waals surface area contributed by atoms with Crippen molar-refractivity contribution in [1.82, 2.24) is 0 Å². The van der Waals surface area contributed by atoms with Crippen LogP contribution in [0.25, 0.3) is 0 Å². The molecule has 0 aliphatic heterocycles. The zero-order valence-corrected chi connectivity index (χ0v) is 5.02. The van der Waals surface area contributed by atoms with Gasteiger partial charge in [0.1, 0.15) is 0 Å². The second kappa shape index (κ2) is 3.09. The Hall–Kier alpha value is -1.12. The van der Waals surface area contributed by atoms with Gasteiger partial charge in [-0.3, -0.25) is 0 Å². The molecule has 0 rings (SSSR count). The highest BCUT2D eigenvalue weighted by atomic mass is 19.4. The molecule has 0 aliphatic rings. The van der Waals surface area contributed by atoms with Crippen molar-refractivity contribution in [2.24, 2.45) is 0 Å². The van der Waals surface area contributed by atoms with Gasteiger partial charge in [0.2, 0.25) is 0 Å². The molecule has 0 aromatic rings. The fourth-order valence-corrected chi connectivity index (χ4v) is 0.134. The molecule has 12 heavy (non-hydrogen) atoms. The van der Waals surface area contributed by atoms with E-state index in [0.29, 0.717) is 0 Å². The molecule has 0 aliphatic carbocycles. The molecular weight excluding hydrogens is 195 g/mol. The molecular formula is C3F5O4-. The van der Waals surface area contributed by atoms with Crippen molar-refractivity contribution in [2.45, 2.75) is 12.3 Å². The molecule has 0 atom stereocenters. The Bertz CT molecular complexity index is 174. The van der Waals surface area contributed by atoms with E-state index in [0.717, 1.165) is 0 Å². The number of hydrogen-bond donors (Lipinski definition) is 0. The Labute approximate surface area is 61.4 Å². The van der Waals surface area contributed by atoms with Gasteiger partial charge in [0.15, 0.2) is 0 Å². The fraction of sp³-hybridized carbons (Fsp3) is 0.667. The van der Waals surface area contributed by atoms with E-state index in [9.17, 15) is 31.9 Å². The summed E-state index contributed by atoms with van der Waals surface area (Å²) in [5.74, 6) is 0. The van der Waals surface area contributed by atoms with E-state index in [2.05, 4.69) is 9.78 Å². The minimum Gasteiger partial charge on any atom is -0.424 e. The SMILES string of the molecule is O=C([O-])OOC(F)(F)C(F)(F)F. The Kier molecular flexibility index (Phi) is 2.80. The van der Waals surface area contributed by atoms with Crippen LogP contribution in [0.2, 0.25) is 0 Å². The van der Waals surface area contributed by atoms with Crippen molar-refractivity contribution in [2.75, 3.05) is 0 Å². The summed E-state index contributed by atoms with van der Waals surface area (Å²) in [6, 6.07) is 0. The largest absolute Gasteiger partial charge is 0.485 e. The van der Waals surface area contributed by atoms with Crippen LogP contribution in [0, 0.1) is 0 Å². The number of alkyl halides is 5. The van der Waals surface area contributed by atoms with Gasteiger partial charge in [-0.2, -0.15) is 26.8 Å². The number of halogens is 5. The number of rotatable bonds is 2. The third kappa shape index (κ3) is 2.86. The summed E-state index contributed by atoms with van der Waals surface area (Å²) in [4.78, 5) is 13.9. The molecule has 72 valence electrons. The Morgan fingerprint density at radius 3 is 1.83 bits per heavy atom. The second-order valence-electron chi connectivity index (χ2n) is 1.43. The minimum absolute atomic E-state index is 2.23. The second-order valence-corrected chi connectivity index (χ2v) is 1.43. The Balaban J connectivity index is 4.14. The summed E-state index contributed by atoms with van der Waals surface area (Å²) in [6.45, 7) is 0. The van der Waals surface area contributed by atoms with Crippen LogP contribution in [-0.4, -0.2) is 18.4 Å². The van der Waals surface area contributed by atoms with Crippen LogP contribution >= 0.6 is 0 Å². The number of carboxylic acid groups (broad SMARTS) is 1. The first-order chi connectivity index (χ1) is 5.17. The molecule has 0 fully saturated rings. The molecule has 0 aromatic heterocycles. The molecule has 0 radical (unpaired) electrons. The lowest BCUT2D eigenvalue weighted by Gasteiger charge is -2.19. The Morgan fingerprint density at radius 2 is 1.58 bits per heavy atom. The third-order valence-corrected chi connectivity index (χ3v) is 0.544. The summed E-state index contributed by atoms with van der Waals surface area (Å²) in [7, 11) is 0. The van der Waals surface area contributed by atoms with Gasteiger partial charge in [-0.05, 0) is 0 Å². The smallest absolute Gasteiger partial charge is 0.424 e. The number of carbonyl (C=O) groups excluding carboxylic acids is 1. The molecule has 0 saturated carbocycles. The first-order valence-corrected chi connectivity index (χ1v) is 2.18. The van der Waals surface area contributed by atoms with Crippen molar-refractivity contribution < 1.29 is 41.6 Å². The molecule has 0 heterocycles. The lowest BCUT2D eigenvalue weighted by Crippen LogP contribution is -2.41. The van der Waals surface area contributed by atoms with Crippen molar-refractivity contribution in [3.8, 4) is 0 Å². The van der Waals surface area contributed by atoms with Crippen molar-refractivity contribution in [1.29, 1.82) is 0 Å². The summed E-state index contributed by atoms with van der Waals surface area (Å²) >= 11 is 0. The normalized spacial score (nSPS) is 12.8. The van der Waals surface area contributed by atoms with Gasteiger partial charge in [0.05, 0.1) is 0 Å². The highest BCUT2D eigenvalue weighted by molar-refractivity contribution is 5.52. The summed E-state index contributed by atoms with van der Waals surface area (Å²) in [5.41, 5.74) is 0. The van der Waals surface area contributed by atoms with Gasteiger partial charge in [0, 0.05) is 0 Å². The van der Waals surface area contributed by atoms with Crippen LogP contribution in [0.4, 0.5) is 26.7 Å². The predicted octanol–water partition coefficient (Wildman–Crippen LogP) is 0.433. The van der Waals surface area contributed by atoms with Crippen LogP contribution in [-0.2, 0) is 9.78 Å². The van der Waals surface area contributed by atoms with E-state index in [4.69, 9.17) is 0 Å². The molecule has 4 nitrogen and oxygen atoms in total. The maximum Gasteiger partial charge on any atom is 0.485 e. The molecule has 0 bridgehead atoms. The average molecular weight is 195 g/mol. The topological polar surface area (TPSA) is 58.6 Å². The molecule has 0 unspecified atom stereocenters. The molecule has 9 heteroatoms. The van der Waals surface area contributed by atoms with Gasteiger partial charge in [0.25, 0.3) is 6.16 Å². The maximum atomic E-state index is 11.5. The highest BCUT2D eigenvalue weighted by Crippen LogP contribution is 2.36. The standard InChI is InChI=1S/C3HF5O4/c4-2(5,6)3(7,8)12-11-1(9)10/h(H,9,10)/p-1. The van der Waals surface area contributed by atoms with Crippen molar-refractivity contribution in [3.63, 3.8) is 0 Å². The Morgan fingerprint density at radius 1 is 1.17 bits per heavy atom. The van der Waals surface area contributed by atoms with Gasteiger partial charge in [-0.25, -0.2) is 0 Å². The molecule has 0 spiro atoms. The van der Waals surface area contributed by atoms with Crippen molar-refractivity contribution in [3.05, 3.63) is 0 Å². The molecule has 0 aromatic carbocycles. The number of carbonyl (C=O) groups is 1. The lowest BCUT2D eigenvalue weighted by molar-refractivity contribution is -0.503. The first-order valence-electron chi connectivity index (χ1n) is 2.18. The van der Waals surface area contributed by atoms with E-state index in [1.165, 1.54) is 0 Å². The number of hydrogen-bond acceptors (Lipinski definition) is 4. The maximum absolute atomic E-state index is 11.5. The highest BCUT2D eigenvalue weighted by Gasteiger charge is 2.60. The summed E-state index contributed by atoms with van der Waals surface area (Å²) in [5, 5.41) is 9.21. The average Bonchev–Trinajstić information content (AvgIpc) is 1.81. The van der Waals surface area contributed by atoms with E-state index < -0.39 is 18.4 Å². The molecule has 0 N–H and O–H groups in total. The predicted molar refractivity (Wildman–Crippen MR) is 18.6 cm³/mol. The van der Waals surface area contributed by atoms with Gasteiger partial charge in [-0.15, -0.1) is 0 Å². The monoisotopic (exact) mass is 195 g/mol. The molecule has 0 saturated heterocycles. The van der Waals surface area contributed by atoms with Crippen LogP contribution in [0.1, 0.15) is 0 Å². The van der Waals surface area contributed by atoms with Crippen LogP contribution in [0.3, 0.4) is 0 Å². The van der Waals surface area contributed by atoms with E-state index >= 15 is 0 Å². The summed E-state index contributed by atoms with van der Waals surface area (Å²) < 4.78 is 56.4. The zero-order chi connectivity index (χ0) is 9.99. The fourth-order valence-electron chi connectivity index (χ4n) is 0.134. The minimum atomic E-state index is -6.04. The summed E-state index contributed by atoms with van der Waals surface area (Å²) in [6.07, 6.45) is -14.4. The van der Waals surface area contributed by atoms with E-state index in [1.54, 1.807) is 0 Å². The molecule has 0 amide bonds. The van der Waals surface area contributed by atoms with Crippen LogP contribution < -0.4 is 5.11 Å².